The molecule has 1 fully saturated rings. The summed E-state index contributed by atoms with van der Waals surface area (Å²) in [5.41, 5.74) is 2.26. The van der Waals surface area contributed by atoms with Crippen LogP contribution in [0.2, 0.25) is 0 Å². The molecule has 110 valence electrons. The summed E-state index contributed by atoms with van der Waals surface area (Å²) in [7, 11) is 0. The molecule has 0 amide bonds. The van der Waals surface area contributed by atoms with Crippen molar-refractivity contribution in [2.45, 2.75) is 57.2 Å². The van der Waals surface area contributed by atoms with Gasteiger partial charge in [-0.05, 0) is 43.4 Å². The molecule has 1 N–H and O–H groups in total. The van der Waals surface area contributed by atoms with Crippen molar-refractivity contribution in [1.82, 2.24) is 0 Å². The Bertz CT molecular complexity index is 475. The number of hydrogen-bond donors (Lipinski definition) is 1. The maximum absolute atomic E-state index is 10.4. The van der Waals surface area contributed by atoms with Gasteiger partial charge in [0.15, 0.2) is 0 Å². The standard InChI is InChI=1S/C17H24O3/c1-17(2)11-20-16-8-5-12(10-14(16)17)15(18)7-6-13-4-3-9-19-13/h5,8,10,13,15,18H,3-4,6-7,9,11H2,1-2H3. The van der Waals surface area contributed by atoms with Crippen LogP contribution >= 0.6 is 0 Å². The molecule has 0 bridgehead atoms. The van der Waals surface area contributed by atoms with Crippen LogP contribution in [-0.4, -0.2) is 24.4 Å². The summed E-state index contributed by atoms with van der Waals surface area (Å²) in [5, 5.41) is 10.4. The zero-order valence-electron chi connectivity index (χ0n) is 12.4. The van der Waals surface area contributed by atoms with Crippen LogP contribution in [0, 0.1) is 0 Å². The summed E-state index contributed by atoms with van der Waals surface area (Å²) in [4.78, 5) is 0. The van der Waals surface area contributed by atoms with Gasteiger partial charge >= 0.3 is 0 Å². The first-order chi connectivity index (χ1) is 9.56. The predicted octanol–water partition coefficient (Wildman–Crippen LogP) is 3.35. The van der Waals surface area contributed by atoms with E-state index in [4.69, 9.17) is 9.47 Å². The largest absolute Gasteiger partial charge is 0.492 e. The lowest BCUT2D eigenvalue weighted by atomic mass is 9.85. The van der Waals surface area contributed by atoms with Gasteiger partial charge in [-0.1, -0.05) is 19.9 Å². The molecular formula is C17H24O3. The van der Waals surface area contributed by atoms with Crippen LogP contribution in [0.15, 0.2) is 18.2 Å². The Kier molecular flexibility index (Phi) is 3.74. The second-order valence-electron chi connectivity index (χ2n) is 6.66. The monoisotopic (exact) mass is 276 g/mol. The van der Waals surface area contributed by atoms with Crippen LogP contribution in [-0.2, 0) is 10.2 Å². The lowest BCUT2D eigenvalue weighted by Gasteiger charge is -2.18. The van der Waals surface area contributed by atoms with Gasteiger partial charge in [0.2, 0.25) is 0 Å². The molecule has 0 radical (unpaired) electrons. The van der Waals surface area contributed by atoms with Crippen molar-refractivity contribution >= 4 is 0 Å². The van der Waals surface area contributed by atoms with E-state index in [-0.39, 0.29) is 5.41 Å². The van der Waals surface area contributed by atoms with Crippen LogP contribution in [0.4, 0.5) is 0 Å². The van der Waals surface area contributed by atoms with Gasteiger partial charge in [-0.2, -0.15) is 0 Å². The van der Waals surface area contributed by atoms with Gasteiger partial charge < -0.3 is 14.6 Å². The van der Waals surface area contributed by atoms with E-state index >= 15 is 0 Å². The molecule has 0 aliphatic carbocycles. The summed E-state index contributed by atoms with van der Waals surface area (Å²) in [5.74, 6) is 0.963. The molecular weight excluding hydrogens is 252 g/mol. The van der Waals surface area contributed by atoms with Crippen LogP contribution in [0.3, 0.4) is 0 Å². The number of aliphatic hydroxyl groups is 1. The van der Waals surface area contributed by atoms with E-state index < -0.39 is 6.10 Å². The maximum atomic E-state index is 10.4. The highest BCUT2D eigenvalue weighted by atomic mass is 16.5. The minimum Gasteiger partial charge on any atom is -0.492 e. The number of benzene rings is 1. The minimum atomic E-state index is -0.402. The van der Waals surface area contributed by atoms with E-state index in [0.717, 1.165) is 50.2 Å². The second-order valence-corrected chi connectivity index (χ2v) is 6.66. The fraction of sp³-hybridized carbons (Fsp3) is 0.647. The van der Waals surface area contributed by atoms with Crippen molar-refractivity contribution in [3.05, 3.63) is 29.3 Å². The predicted molar refractivity (Wildman–Crippen MR) is 78.1 cm³/mol. The molecule has 1 aromatic rings. The molecule has 1 aromatic carbocycles. The van der Waals surface area contributed by atoms with Crippen molar-refractivity contribution in [2.75, 3.05) is 13.2 Å². The van der Waals surface area contributed by atoms with Gasteiger partial charge in [0, 0.05) is 17.6 Å². The van der Waals surface area contributed by atoms with Crippen molar-refractivity contribution in [3.63, 3.8) is 0 Å². The van der Waals surface area contributed by atoms with Gasteiger partial charge in [0.05, 0.1) is 18.8 Å². The van der Waals surface area contributed by atoms with Crippen molar-refractivity contribution in [1.29, 1.82) is 0 Å². The molecule has 0 aromatic heterocycles. The summed E-state index contributed by atoms with van der Waals surface area (Å²) in [6, 6.07) is 6.09. The molecule has 20 heavy (non-hydrogen) atoms. The molecule has 0 spiro atoms. The first-order valence-electron chi connectivity index (χ1n) is 7.63. The molecule has 2 unspecified atom stereocenters. The first kappa shape index (κ1) is 13.9. The lowest BCUT2D eigenvalue weighted by molar-refractivity contribution is 0.0812. The Balaban J connectivity index is 1.67. The summed E-state index contributed by atoms with van der Waals surface area (Å²) in [6.07, 6.45) is 3.95. The Morgan fingerprint density at radius 2 is 2.25 bits per heavy atom. The van der Waals surface area contributed by atoms with Gasteiger partial charge in [0.1, 0.15) is 5.75 Å². The number of rotatable bonds is 4. The molecule has 0 saturated carbocycles. The fourth-order valence-electron chi connectivity index (χ4n) is 3.13. The van der Waals surface area contributed by atoms with E-state index in [1.54, 1.807) is 0 Å². The zero-order valence-corrected chi connectivity index (χ0v) is 12.4. The van der Waals surface area contributed by atoms with Gasteiger partial charge in [0.25, 0.3) is 0 Å². The first-order valence-corrected chi connectivity index (χ1v) is 7.63. The minimum absolute atomic E-state index is 0.0413. The number of ether oxygens (including phenoxy) is 2. The van der Waals surface area contributed by atoms with E-state index in [2.05, 4.69) is 19.9 Å². The molecule has 2 atom stereocenters. The zero-order chi connectivity index (χ0) is 14.2. The third-order valence-corrected chi connectivity index (χ3v) is 4.49. The number of aliphatic hydroxyl groups excluding tert-OH is 1. The molecule has 3 nitrogen and oxygen atoms in total. The highest BCUT2D eigenvalue weighted by Gasteiger charge is 2.32. The van der Waals surface area contributed by atoms with Gasteiger partial charge in [-0.3, -0.25) is 0 Å². The summed E-state index contributed by atoms with van der Waals surface area (Å²) < 4.78 is 11.3. The second kappa shape index (κ2) is 5.38. The van der Waals surface area contributed by atoms with E-state index in [0.29, 0.717) is 6.10 Å². The average Bonchev–Trinajstić information content (AvgIpc) is 3.04. The Labute approximate surface area is 120 Å². The normalized spacial score (nSPS) is 25.2. The van der Waals surface area contributed by atoms with Crippen molar-refractivity contribution < 1.29 is 14.6 Å². The summed E-state index contributed by atoms with van der Waals surface area (Å²) in [6.45, 7) is 5.96. The molecule has 1 saturated heterocycles. The SMILES string of the molecule is CC1(C)COc2ccc(C(O)CCC3CCCO3)cc21. The van der Waals surface area contributed by atoms with Gasteiger partial charge in [-0.25, -0.2) is 0 Å². The molecule has 3 rings (SSSR count). The molecule has 2 aliphatic rings. The van der Waals surface area contributed by atoms with Crippen LogP contribution in [0.5, 0.6) is 5.75 Å². The number of hydrogen-bond acceptors (Lipinski definition) is 3. The summed E-state index contributed by atoms with van der Waals surface area (Å²) >= 11 is 0. The van der Waals surface area contributed by atoms with Crippen LogP contribution in [0.1, 0.15) is 56.8 Å². The van der Waals surface area contributed by atoms with E-state index in [1.807, 2.05) is 12.1 Å². The third kappa shape index (κ3) is 2.70. The third-order valence-electron chi connectivity index (χ3n) is 4.49. The highest BCUT2D eigenvalue weighted by Crippen LogP contribution is 2.40. The molecule has 3 heteroatoms. The van der Waals surface area contributed by atoms with Gasteiger partial charge in [-0.15, -0.1) is 0 Å². The number of fused-ring (bicyclic) bond motifs is 1. The van der Waals surface area contributed by atoms with Crippen molar-refractivity contribution in [2.24, 2.45) is 0 Å². The highest BCUT2D eigenvalue weighted by molar-refractivity contribution is 5.45. The van der Waals surface area contributed by atoms with Crippen molar-refractivity contribution in [3.8, 4) is 5.75 Å². The topological polar surface area (TPSA) is 38.7 Å². The fourth-order valence-corrected chi connectivity index (χ4v) is 3.13. The quantitative estimate of drug-likeness (QED) is 0.916. The smallest absolute Gasteiger partial charge is 0.123 e. The van der Waals surface area contributed by atoms with Crippen LogP contribution < -0.4 is 4.74 Å². The van der Waals surface area contributed by atoms with E-state index in [9.17, 15) is 5.11 Å². The molecule has 2 aliphatic heterocycles. The van der Waals surface area contributed by atoms with E-state index in [1.165, 1.54) is 5.56 Å². The Morgan fingerprint density at radius 3 is 3.00 bits per heavy atom. The molecule has 2 heterocycles. The Hall–Kier alpha value is -1.06. The van der Waals surface area contributed by atoms with Crippen LogP contribution in [0.25, 0.3) is 0 Å². The lowest BCUT2D eigenvalue weighted by Crippen LogP contribution is -2.18. The average molecular weight is 276 g/mol. The maximum Gasteiger partial charge on any atom is 0.123 e. The Morgan fingerprint density at radius 1 is 1.40 bits per heavy atom.